The fraction of sp³-hybridized carbons (Fsp3) is 0.238. The van der Waals surface area contributed by atoms with Gasteiger partial charge >= 0.3 is 0 Å². The van der Waals surface area contributed by atoms with Crippen LogP contribution in [0.4, 0.5) is 5.95 Å². The van der Waals surface area contributed by atoms with E-state index >= 15 is 0 Å². The molecule has 146 valence electrons. The topological polar surface area (TPSA) is 83.9 Å². The second-order valence-corrected chi connectivity index (χ2v) is 6.07. The van der Waals surface area contributed by atoms with Crippen molar-refractivity contribution in [2.45, 2.75) is 20.5 Å². The van der Waals surface area contributed by atoms with E-state index in [2.05, 4.69) is 10.1 Å². The Bertz CT molecular complexity index is 966. The van der Waals surface area contributed by atoms with Crippen LogP contribution in [0.2, 0.25) is 0 Å². The first-order valence-corrected chi connectivity index (χ1v) is 8.98. The molecule has 28 heavy (non-hydrogen) atoms. The van der Waals surface area contributed by atoms with Crippen molar-refractivity contribution in [1.82, 2.24) is 9.66 Å². The van der Waals surface area contributed by atoms with Gasteiger partial charge in [0.05, 0.1) is 31.8 Å². The second-order valence-electron chi connectivity index (χ2n) is 6.07. The van der Waals surface area contributed by atoms with E-state index in [4.69, 9.17) is 19.9 Å². The van der Waals surface area contributed by atoms with Gasteiger partial charge in [-0.05, 0) is 49.7 Å². The van der Waals surface area contributed by atoms with E-state index in [9.17, 15) is 0 Å². The first-order valence-electron chi connectivity index (χ1n) is 8.98. The van der Waals surface area contributed by atoms with Crippen LogP contribution in [0, 0.1) is 6.92 Å². The Kier molecular flexibility index (Phi) is 6.16. The summed E-state index contributed by atoms with van der Waals surface area (Å²) in [6.45, 7) is 4.72. The number of methoxy groups -OCH3 is 1. The maximum atomic E-state index is 5.97. The molecule has 0 atom stereocenters. The molecule has 0 unspecified atom stereocenters. The Labute approximate surface area is 164 Å². The van der Waals surface area contributed by atoms with Crippen molar-refractivity contribution in [3.63, 3.8) is 0 Å². The van der Waals surface area contributed by atoms with E-state index in [1.807, 2.05) is 56.3 Å². The van der Waals surface area contributed by atoms with Crippen LogP contribution in [0.1, 0.15) is 23.7 Å². The van der Waals surface area contributed by atoms with Crippen LogP contribution in [0.15, 0.2) is 53.8 Å². The molecule has 0 aliphatic rings. The molecule has 0 aliphatic heterocycles. The summed E-state index contributed by atoms with van der Waals surface area (Å²) in [6.07, 6.45) is 3.48. The van der Waals surface area contributed by atoms with Gasteiger partial charge in [0.25, 0.3) is 0 Å². The quantitative estimate of drug-likeness (QED) is 0.603. The summed E-state index contributed by atoms with van der Waals surface area (Å²) in [5.74, 6) is 2.49. The minimum Gasteiger partial charge on any atom is -0.496 e. The van der Waals surface area contributed by atoms with E-state index in [0.29, 0.717) is 30.7 Å². The zero-order chi connectivity index (χ0) is 19.9. The molecule has 1 aromatic heterocycles. The van der Waals surface area contributed by atoms with Gasteiger partial charge in [0, 0.05) is 5.56 Å². The SMILES string of the molecule is CCOc1ccccc1OCc1cc(C=Nn2cc(C)nc2N)ccc1OC. The van der Waals surface area contributed by atoms with E-state index in [0.717, 1.165) is 22.6 Å². The number of imidazole rings is 1. The fourth-order valence-corrected chi connectivity index (χ4v) is 2.72. The number of hydrogen-bond acceptors (Lipinski definition) is 6. The Morgan fingerprint density at radius 3 is 2.50 bits per heavy atom. The van der Waals surface area contributed by atoms with Crippen LogP contribution in [-0.2, 0) is 6.61 Å². The minimum atomic E-state index is 0.335. The Balaban J connectivity index is 1.79. The normalized spacial score (nSPS) is 11.0. The first kappa shape index (κ1) is 19.3. The highest BCUT2D eigenvalue weighted by Crippen LogP contribution is 2.29. The Hall–Kier alpha value is -3.48. The van der Waals surface area contributed by atoms with E-state index < -0.39 is 0 Å². The molecule has 0 saturated carbocycles. The molecule has 0 spiro atoms. The molecule has 0 bridgehead atoms. The zero-order valence-electron chi connectivity index (χ0n) is 16.3. The number of nitrogen functional groups attached to an aromatic ring is 1. The smallest absolute Gasteiger partial charge is 0.221 e. The Morgan fingerprint density at radius 2 is 1.86 bits per heavy atom. The lowest BCUT2D eigenvalue weighted by Gasteiger charge is -2.14. The number of anilines is 1. The van der Waals surface area contributed by atoms with Crippen molar-refractivity contribution >= 4 is 12.2 Å². The average Bonchev–Trinajstić information content (AvgIpc) is 3.03. The van der Waals surface area contributed by atoms with Crippen molar-refractivity contribution in [2.75, 3.05) is 19.5 Å². The number of para-hydroxylation sites is 2. The lowest BCUT2D eigenvalue weighted by Crippen LogP contribution is -2.02. The molecule has 3 aromatic rings. The summed E-state index contributed by atoms with van der Waals surface area (Å²) < 4.78 is 18.6. The highest BCUT2D eigenvalue weighted by Gasteiger charge is 2.08. The predicted octanol–water partition coefficient (Wildman–Crippen LogP) is 3.64. The van der Waals surface area contributed by atoms with Gasteiger partial charge in [-0.15, -0.1) is 0 Å². The number of nitrogens with zero attached hydrogens (tertiary/aromatic N) is 3. The third-order valence-electron chi connectivity index (χ3n) is 4.00. The number of hydrogen-bond donors (Lipinski definition) is 1. The lowest BCUT2D eigenvalue weighted by atomic mass is 10.1. The van der Waals surface area contributed by atoms with Gasteiger partial charge in [0.2, 0.25) is 5.95 Å². The van der Waals surface area contributed by atoms with Gasteiger partial charge in [-0.3, -0.25) is 0 Å². The van der Waals surface area contributed by atoms with Crippen molar-refractivity contribution < 1.29 is 14.2 Å². The summed E-state index contributed by atoms with van der Waals surface area (Å²) in [5.41, 5.74) is 8.42. The minimum absolute atomic E-state index is 0.335. The molecule has 0 saturated heterocycles. The van der Waals surface area contributed by atoms with Crippen LogP contribution in [0.25, 0.3) is 0 Å². The number of nitrogens with two attached hydrogens (primary N) is 1. The molecule has 2 aromatic carbocycles. The van der Waals surface area contributed by atoms with Crippen molar-refractivity contribution in [3.8, 4) is 17.2 Å². The van der Waals surface area contributed by atoms with E-state index in [1.54, 1.807) is 19.5 Å². The van der Waals surface area contributed by atoms with Crippen LogP contribution in [0.3, 0.4) is 0 Å². The summed E-state index contributed by atoms with van der Waals surface area (Å²) >= 11 is 0. The van der Waals surface area contributed by atoms with Gasteiger partial charge in [-0.2, -0.15) is 5.10 Å². The Morgan fingerprint density at radius 1 is 1.11 bits per heavy atom. The summed E-state index contributed by atoms with van der Waals surface area (Å²) in [4.78, 5) is 4.13. The predicted molar refractivity (Wildman–Crippen MR) is 109 cm³/mol. The maximum Gasteiger partial charge on any atom is 0.221 e. The van der Waals surface area contributed by atoms with Gasteiger partial charge in [-0.25, -0.2) is 9.66 Å². The van der Waals surface area contributed by atoms with Gasteiger partial charge in [-0.1, -0.05) is 12.1 Å². The van der Waals surface area contributed by atoms with Crippen molar-refractivity contribution in [2.24, 2.45) is 5.10 Å². The first-order chi connectivity index (χ1) is 13.6. The molecule has 1 heterocycles. The highest BCUT2D eigenvalue weighted by atomic mass is 16.5. The zero-order valence-corrected chi connectivity index (χ0v) is 16.3. The molecular weight excluding hydrogens is 356 g/mol. The van der Waals surface area contributed by atoms with Crippen LogP contribution < -0.4 is 19.9 Å². The number of benzene rings is 2. The monoisotopic (exact) mass is 380 g/mol. The third kappa shape index (κ3) is 4.62. The number of rotatable bonds is 8. The molecule has 7 nitrogen and oxygen atoms in total. The number of aromatic nitrogens is 2. The van der Waals surface area contributed by atoms with Crippen LogP contribution in [0.5, 0.6) is 17.2 Å². The molecule has 2 N–H and O–H groups in total. The van der Waals surface area contributed by atoms with Gasteiger partial charge in [0.1, 0.15) is 12.4 Å². The molecule has 0 aliphatic carbocycles. The third-order valence-corrected chi connectivity index (χ3v) is 4.00. The number of ether oxygens (including phenoxy) is 3. The largest absolute Gasteiger partial charge is 0.496 e. The summed E-state index contributed by atoms with van der Waals surface area (Å²) in [7, 11) is 1.63. The molecule has 3 rings (SSSR count). The highest BCUT2D eigenvalue weighted by molar-refractivity contribution is 5.80. The van der Waals surface area contributed by atoms with Crippen molar-refractivity contribution in [3.05, 3.63) is 65.5 Å². The average molecular weight is 380 g/mol. The van der Waals surface area contributed by atoms with Crippen LogP contribution >= 0.6 is 0 Å². The molecule has 0 fully saturated rings. The lowest BCUT2D eigenvalue weighted by molar-refractivity contribution is 0.265. The number of aryl methyl sites for hydroxylation is 1. The van der Waals surface area contributed by atoms with E-state index in [-0.39, 0.29) is 0 Å². The van der Waals surface area contributed by atoms with Crippen molar-refractivity contribution in [1.29, 1.82) is 0 Å². The fourth-order valence-electron chi connectivity index (χ4n) is 2.72. The van der Waals surface area contributed by atoms with Gasteiger partial charge in [0.15, 0.2) is 11.5 Å². The molecule has 7 heteroatoms. The maximum absolute atomic E-state index is 5.97. The standard InChI is InChI=1S/C21H24N4O3/c1-4-27-19-7-5-6-8-20(19)28-14-17-11-16(9-10-18(17)26-3)12-23-25-13-15(2)24-21(25)22/h5-13H,4,14H2,1-3H3,(H2,22,24). The van der Waals surface area contributed by atoms with Crippen LogP contribution in [-0.4, -0.2) is 29.6 Å². The molecule has 0 amide bonds. The van der Waals surface area contributed by atoms with Gasteiger partial charge < -0.3 is 19.9 Å². The second kappa shape index (κ2) is 8.94. The molecule has 0 radical (unpaired) electrons. The van der Waals surface area contributed by atoms with E-state index in [1.165, 1.54) is 4.68 Å². The molecular formula is C21H24N4O3. The summed E-state index contributed by atoms with van der Waals surface area (Å²) in [6, 6.07) is 13.4. The summed E-state index contributed by atoms with van der Waals surface area (Å²) in [5, 5.41) is 4.35.